The van der Waals surface area contributed by atoms with Gasteiger partial charge in [0.05, 0.1) is 16.8 Å². The minimum Gasteiger partial charge on any atom is -0.380 e. The maximum atomic E-state index is 12.4. The van der Waals surface area contributed by atoms with Crippen LogP contribution in [0.25, 0.3) is 10.2 Å². The third-order valence-electron chi connectivity index (χ3n) is 4.33. The standard InChI is InChI=1S/C16H21N3O2S/c1-21-9-11-5-3-7-13-14(11)18-16(22-13)19-15(20)12-6-2-4-10(12)8-17/h3,5,7,10,12H,2,4,6,8-9,17H2,1H3,(H,18,19,20)/t10-,12-/m1/s1. The van der Waals surface area contributed by atoms with Gasteiger partial charge in [0.25, 0.3) is 0 Å². The minimum absolute atomic E-state index is 0.0236. The normalized spacial score (nSPS) is 21.4. The number of anilines is 1. The van der Waals surface area contributed by atoms with E-state index in [0.29, 0.717) is 24.2 Å². The number of methoxy groups -OCH3 is 1. The predicted molar refractivity (Wildman–Crippen MR) is 88.8 cm³/mol. The molecule has 2 aromatic rings. The highest BCUT2D eigenvalue weighted by Crippen LogP contribution is 2.33. The van der Waals surface area contributed by atoms with Crippen LogP contribution >= 0.6 is 11.3 Å². The molecule has 3 N–H and O–H groups in total. The zero-order valence-electron chi connectivity index (χ0n) is 12.7. The Labute approximate surface area is 133 Å². The number of rotatable bonds is 5. The van der Waals surface area contributed by atoms with Gasteiger partial charge >= 0.3 is 0 Å². The van der Waals surface area contributed by atoms with E-state index in [1.54, 1.807) is 7.11 Å². The lowest BCUT2D eigenvalue weighted by Gasteiger charge is -2.16. The smallest absolute Gasteiger partial charge is 0.229 e. The summed E-state index contributed by atoms with van der Waals surface area (Å²) in [7, 11) is 1.67. The molecule has 0 radical (unpaired) electrons. The van der Waals surface area contributed by atoms with Crippen molar-refractivity contribution in [2.24, 2.45) is 17.6 Å². The van der Waals surface area contributed by atoms with E-state index >= 15 is 0 Å². The zero-order valence-corrected chi connectivity index (χ0v) is 13.5. The first-order valence-electron chi connectivity index (χ1n) is 7.61. The number of fused-ring (bicyclic) bond motifs is 1. The fourth-order valence-electron chi connectivity index (χ4n) is 3.19. The molecule has 3 rings (SSSR count). The lowest BCUT2D eigenvalue weighted by Crippen LogP contribution is -2.29. The summed E-state index contributed by atoms with van der Waals surface area (Å²) in [5.41, 5.74) is 7.71. The molecule has 1 amide bonds. The van der Waals surface area contributed by atoms with Crippen LogP contribution in [0.5, 0.6) is 0 Å². The fourth-order valence-corrected chi connectivity index (χ4v) is 4.11. The molecule has 0 aliphatic heterocycles. The van der Waals surface area contributed by atoms with Crippen LogP contribution < -0.4 is 11.1 Å². The minimum atomic E-state index is 0.0236. The van der Waals surface area contributed by atoms with Gasteiger partial charge in [-0.1, -0.05) is 29.9 Å². The molecule has 118 valence electrons. The lowest BCUT2D eigenvalue weighted by molar-refractivity contribution is -0.120. The van der Waals surface area contributed by atoms with E-state index in [-0.39, 0.29) is 11.8 Å². The van der Waals surface area contributed by atoms with Gasteiger partial charge in [0.15, 0.2) is 5.13 Å². The second kappa shape index (κ2) is 6.73. The Kier molecular flexibility index (Phi) is 4.71. The average molecular weight is 319 g/mol. The van der Waals surface area contributed by atoms with E-state index in [0.717, 1.165) is 35.0 Å². The van der Waals surface area contributed by atoms with Crippen molar-refractivity contribution in [3.63, 3.8) is 0 Å². The Morgan fingerprint density at radius 3 is 3.14 bits per heavy atom. The zero-order chi connectivity index (χ0) is 15.5. The summed E-state index contributed by atoms with van der Waals surface area (Å²) in [6.45, 7) is 1.10. The van der Waals surface area contributed by atoms with Crippen molar-refractivity contribution in [3.8, 4) is 0 Å². The molecule has 1 saturated carbocycles. The first-order chi connectivity index (χ1) is 10.7. The SMILES string of the molecule is COCc1cccc2sc(NC(=O)[C@@H]3CCC[C@@H]3CN)nc12. The molecule has 1 fully saturated rings. The molecule has 5 nitrogen and oxygen atoms in total. The molecule has 0 spiro atoms. The average Bonchev–Trinajstić information content (AvgIpc) is 3.13. The summed E-state index contributed by atoms with van der Waals surface area (Å²) in [6, 6.07) is 6.00. The maximum Gasteiger partial charge on any atom is 0.229 e. The highest BCUT2D eigenvalue weighted by Gasteiger charge is 2.32. The van der Waals surface area contributed by atoms with Gasteiger partial charge in [-0.3, -0.25) is 4.79 Å². The molecule has 1 aliphatic carbocycles. The number of nitrogens with two attached hydrogens (primary N) is 1. The number of hydrogen-bond donors (Lipinski definition) is 2. The number of amides is 1. The molecular weight excluding hydrogens is 298 g/mol. The molecule has 1 heterocycles. The Bertz CT molecular complexity index is 670. The Morgan fingerprint density at radius 2 is 2.36 bits per heavy atom. The highest BCUT2D eigenvalue weighted by atomic mass is 32.1. The fraction of sp³-hybridized carbons (Fsp3) is 0.500. The van der Waals surface area contributed by atoms with Gasteiger partial charge in [-0.25, -0.2) is 4.98 Å². The Morgan fingerprint density at radius 1 is 1.50 bits per heavy atom. The number of benzene rings is 1. The highest BCUT2D eigenvalue weighted by molar-refractivity contribution is 7.22. The van der Waals surface area contributed by atoms with Crippen LogP contribution in [-0.2, 0) is 16.1 Å². The molecule has 1 aromatic heterocycles. The summed E-state index contributed by atoms with van der Waals surface area (Å²) in [5.74, 6) is 0.384. The Hall–Kier alpha value is -1.50. The van der Waals surface area contributed by atoms with E-state index in [1.807, 2.05) is 18.2 Å². The number of carbonyl (C=O) groups is 1. The van der Waals surface area contributed by atoms with Gasteiger partial charge in [-0.15, -0.1) is 0 Å². The van der Waals surface area contributed by atoms with E-state index in [9.17, 15) is 4.79 Å². The summed E-state index contributed by atoms with van der Waals surface area (Å²) < 4.78 is 6.26. The lowest BCUT2D eigenvalue weighted by atomic mass is 9.95. The molecule has 6 heteroatoms. The summed E-state index contributed by atoms with van der Waals surface area (Å²) >= 11 is 1.50. The topological polar surface area (TPSA) is 77.2 Å². The van der Waals surface area contributed by atoms with Gasteiger partial charge in [0.2, 0.25) is 5.91 Å². The van der Waals surface area contributed by atoms with Crippen LogP contribution in [0, 0.1) is 11.8 Å². The van der Waals surface area contributed by atoms with Crippen molar-refractivity contribution in [2.75, 3.05) is 19.0 Å². The van der Waals surface area contributed by atoms with Crippen LogP contribution in [0.1, 0.15) is 24.8 Å². The molecule has 22 heavy (non-hydrogen) atoms. The van der Waals surface area contributed by atoms with Crippen LogP contribution in [0.3, 0.4) is 0 Å². The molecule has 0 saturated heterocycles. The van der Waals surface area contributed by atoms with Crippen LogP contribution in [-0.4, -0.2) is 24.5 Å². The van der Waals surface area contributed by atoms with E-state index in [1.165, 1.54) is 11.3 Å². The number of nitrogens with one attached hydrogen (secondary N) is 1. The monoisotopic (exact) mass is 319 g/mol. The maximum absolute atomic E-state index is 12.4. The van der Waals surface area contributed by atoms with Crippen molar-refractivity contribution in [2.45, 2.75) is 25.9 Å². The summed E-state index contributed by atoms with van der Waals surface area (Å²) in [4.78, 5) is 17.0. The number of thiazole rings is 1. The number of aromatic nitrogens is 1. The van der Waals surface area contributed by atoms with Gasteiger partial charge < -0.3 is 15.8 Å². The second-order valence-electron chi connectivity index (χ2n) is 5.74. The third-order valence-corrected chi connectivity index (χ3v) is 5.27. The van der Waals surface area contributed by atoms with Crippen LogP contribution in [0.15, 0.2) is 18.2 Å². The van der Waals surface area contributed by atoms with Crippen molar-refractivity contribution in [1.29, 1.82) is 0 Å². The summed E-state index contributed by atoms with van der Waals surface area (Å²) in [6.07, 6.45) is 3.05. The van der Waals surface area contributed by atoms with E-state index in [2.05, 4.69) is 10.3 Å². The molecule has 0 unspecified atom stereocenters. The van der Waals surface area contributed by atoms with Crippen molar-refractivity contribution < 1.29 is 9.53 Å². The van der Waals surface area contributed by atoms with E-state index in [4.69, 9.17) is 10.5 Å². The second-order valence-corrected chi connectivity index (χ2v) is 6.77. The van der Waals surface area contributed by atoms with Gasteiger partial charge in [0, 0.05) is 18.6 Å². The quantitative estimate of drug-likeness (QED) is 0.888. The first-order valence-corrected chi connectivity index (χ1v) is 8.43. The third kappa shape index (κ3) is 2.99. The van der Waals surface area contributed by atoms with Crippen molar-refractivity contribution in [1.82, 2.24) is 4.98 Å². The first kappa shape index (κ1) is 15.4. The molecule has 2 atom stereocenters. The van der Waals surface area contributed by atoms with Crippen LogP contribution in [0.4, 0.5) is 5.13 Å². The van der Waals surface area contributed by atoms with Gasteiger partial charge in [0.1, 0.15) is 0 Å². The Balaban J connectivity index is 1.79. The molecular formula is C16H21N3O2S. The van der Waals surface area contributed by atoms with Gasteiger partial charge in [-0.2, -0.15) is 0 Å². The number of para-hydroxylation sites is 1. The molecule has 1 aromatic carbocycles. The molecule has 1 aliphatic rings. The number of ether oxygens (including phenoxy) is 1. The molecule has 0 bridgehead atoms. The van der Waals surface area contributed by atoms with Gasteiger partial charge in [-0.05, 0) is 31.4 Å². The van der Waals surface area contributed by atoms with Crippen LogP contribution in [0.2, 0.25) is 0 Å². The number of carbonyl (C=O) groups excluding carboxylic acids is 1. The van der Waals surface area contributed by atoms with Crippen molar-refractivity contribution in [3.05, 3.63) is 23.8 Å². The van der Waals surface area contributed by atoms with Crippen molar-refractivity contribution >= 4 is 32.6 Å². The largest absolute Gasteiger partial charge is 0.380 e. The summed E-state index contributed by atoms with van der Waals surface area (Å²) in [5, 5.41) is 3.64. The number of nitrogens with zero attached hydrogens (tertiary/aromatic N) is 1. The van der Waals surface area contributed by atoms with E-state index < -0.39 is 0 Å². The predicted octanol–water partition coefficient (Wildman–Crippen LogP) is 2.76. The number of hydrogen-bond acceptors (Lipinski definition) is 5.